The molecule has 5 aliphatic rings. The van der Waals surface area contributed by atoms with Gasteiger partial charge in [0.15, 0.2) is 23.0 Å². The summed E-state index contributed by atoms with van der Waals surface area (Å²) in [5, 5.41) is 6.04. The number of ether oxygens (including phenoxy) is 6. The Labute approximate surface area is 454 Å². The van der Waals surface area contributed by atoms with Crippen LogP contribution in [-0.4, -0.2) is 76.9 Å². The first-order valence-electron chi connectivity index (χ1n) is 25.0. The molecule has 78 heavy (non-hydrogen) atoms. The highest BCUT2D eigenvalue weighted by atomic mass is 35.5. The van der Waals surface area contributed by atoms with Gasteiger partial charge in [0, 0.05) is 34.5 Å². The van der Waals surface area contributed by atoms with Crippen LogP contribution in [0.15, 0.2) is 73.1 Å². The number of halogens is 5. The first-order valence-corrected chi connectivity index (χ1v) is 25.4. The van der Waals surface area contributed by atoms with E-state index in [0.29, 0.717) is 71.1 Å². The molecule has 11 rings (SSSR count). The second kappa shape index (κ2) is 20.2. The Hall–Kier alpha value is -7.23. The number of rotatable bonds is 10. The van der Waals surface area contributed by atoms with Crippen LogP contribution in [0.1, 0.15) is 97.9 Å². The van der Waals surface area contributed by atoms with Gasteiger partial charge in [-0.25, -0.2) is 19.9 Å². The van der Waals surface area contributed by atoms with Gasteiger partial charge >= 0.3 is 19.7 Å². The molecule has 0 radical (unpaired) electrons. The summed E-state index contributed by atoms with van der Waals surface area (Å²) in [5.74, 6) is 1.21. The number of aromatic nitrogens is 4. The van der Waals surface area contributed by atoms with Crippen molar-refractivity contribution in [2.24, 2.45) is 0 Å². The van der Waals surface area contributed by atoms with E-state index in [0.717, 1.165) is 44.4 Å². The molecule has 22 heteroatoms. The molecule has 2 amide bonds. The summed E-state index contributed by atoms with van der Waals surface area (Å²) in [6.07, 6.45) is -1.55. The SMILES string of the molecule is COc1ncc(-c2nc(NC(=O)C3(c4ccc5c(c4)OC(F)(F)O5)CC3)cc(C)c2C)cc1C.COc1ncc(B2OC(C)(C)C(C)(C)O2)cc1C.Cc1cc(NC(=O)C2(c3ccc4c(c3)OC(F)(F)O4)CC2)nc(Cl)c1C. The average Bonchev–Trinajstić information content (AvgIpc) is 4.46. The highest BCUT2D eigenvalue weighted by molar-refractivity contribution is 6.62. The van der Waals surface area contributed by atoms with Gasteiger partial charge in [-0.2, -0.15) is 0 Å². The number of nitrogens with one attached hydrogen (secondary N) is 2. The fourth-order valence-corrected chi connectivity index (χ4v) is 9.40. The lowest BCUT2D eigenvalue weighted by Crippen LogP contribution is -2.41. The molecular weight excluding hydrogens is 1040 g/mol. The molecule has 3 aliphatic heterocycles. The van der Waals surface area contributed by atoms with E-state index in [2.05, 4.69) is 44.5 Å². The van der Waals surface area contributed by atoms with Gasteiger partial charge < -0.3 is 48.4 Å². The molecule has 1 saturated heterocycles. The topological polar surface area (TPSA) is 184 Å². The van der Waals surface area contributed by atoms with Crippen molar-refractivity contribution < 1.29 is 64.9 Å². The second-order valence-corrected chi connectivity index (χ2v) is 21.4. The number of pyridine rings is 4. The largest absolute Gasteiger partial charge is 0.586 e. The van der Waals surface area contributed by atoms with Crippen LogP contribution in [0.4, 0.5) is 29.2 Å². The van der Waals surface area contributed by atoms with Crippen molar-refractivity contribution >= 4 is 47.6 Å². The molecule has 2 aromatic carbocycles. The van der Waals surface area contributed by atoms with Gasteiger partial charge in [0.2, 0.25) is 23.6 Å². The third-order valence-electron chi connectivity index (χ3n) is 15.0. The molecule has 2 N–H and O–H groups in total. The van der Waals surface area contributed by atoms with Crippen molar-refractivity contribution in [1.82, 2.24) is 19.9 Å². The summed E-state index contributed by atoms with van der Waals surface area (Å²) < 4.78 is 93.4. The molecule has 410 valence electrons. The number of carbonyl (C=O) groups excluding carboxylic acids is 2. The zero-order chi connectivity index (χ0) is 56.5. The minimum Gasteiger partial charge on any atom is -0.481 e. The molecule has 2 saturated carbocycles. The summed E-state index contributed by atoms with van der Waals surface area (Å²) in [6.45, 7) is 19.7. The van der Waals surface area contributed by atoms with Gasteiger partial charge in [0.1, 0.15) is 16.8 Å². The first-order chi connectivity index (χ1) is 36.6. The number of amides is 2. The highest BCUT2D eigenvalue weighted by Crippen LogP contribution is 2.54. The fraction of sp³-hybridized carbons (Fsp3) is 0.393. The lowest BCUT2D eigenvalue weighted by atomic mass is 9.80. The number of hydrogen-bond acceptors (Lipinski definition) is 14. The molecular formula is C56H58BClF4N6O10. The van der Waals surface area contributed by atoms with Crippen LogP contribution in [0.3, 0.4) is 0 Å². The van der Waals surface area contributed by atoms with E-state index in [1.165, 1.54) is 24.3 Å². The van der Waals surface area contributed by atoms with Crippen molar-refractivity contribution in [1.29, 1.82) is 0 Å². The standard InChI is InChI=1S/C25H23F2N3O4.C18H15ClF2N2O3.C13H20BNO3/c1-13-10-20(29-21(15(13)3)16-9-14(2)22(32-4)28-12-16)30-23(31)24(7-8-24)17-5-6-18-19(11-17)34-25(26,27)33-18;1-9-7-14(22-15(19)10(9)2)23-16(24)17(5-6-17)11-3-4-12-13(8-11)26-18(20,21)25-12;1-9-7-10(8-15-11(9)16-6)14-17-12(2,3)13(4,5)18-14/h5-6,9-12H,7-8H2,1-4H3,(H,29,30,31);3-4,7-8H,5-6H2,1-2H3,(H,22,23,24);7-8H,1-6H3. The van der Waals surface area contributed by atoms with E-state index in [9.17, 15) is 27.2 Å². The average molecular weight is 1100 g/mol. The minimum absolute atomic E-state index is 0.0439. The van der Waals surface area contributed by atoms with E-state index >= 15 is 0 Å². The van der Waals surface area contributed by atoms with Crippen molar-refractivity contribution in [3.8, 4) is 46.0 Å². The van der Waals surface area contributed by atoms with Gasteiger partial charge in [0.25, 0.3) is 0 Å². The summed E-state index contributed by atoms with van der Waals surface area (Å²) >= 11 is 6.08. The Morgan fingerprint density at radius 3 is 1.45 bits per heavy atom. The Bertz CT molecular complexity index is 3340. The van der Waals surface area contributed by atoms with E-state index in [-0.39, 0.29) is 53.1 Å². The number of nitrogens with zero attached hydrogens (tertiary/aromatic N) is 4. The van der Waals surface area contributed by atoms with Gasteiger partial charge in [-0.3, -0.25) is 9.59 Å². The molecule has 6 aromatic rings. The van der Waals surface area contributed by atoms with Crippen molar-refractivity contribution in [2.75, 3.05) is 24.9 Å². The van der Waals surface area contributed by atoms with Crippen LogP contribution in [0.5, 0.6) is 34.8 Å². The number of benzene rings is 2. The smallest absolute Gasteiger partial charge is 0.481 e. The first kappa shape index (κ1) is 55.5. The number of anilines is 2. The fourth-order valence-electron chi connectivity index (χ4n) is 9.16. The van der Waals surface area contributed by atoms with E-state index in [4.69, 9.17) is 35.4 Å². The van der Waals surface area contributed by atoms with Crippen LogP contribution in [0.2, 0.25) is 5.15 Å². The zero-order valence-corrected chi connectivity index (χ0v) is 45.9. The number of hydrogen-bond donors (Lipinski definition) is 2. The molecule has 0 atom stereocenters. The van der Waals surface area contributed by atoms with E-state index in [1.54, 1.807) is 44.8 Å². The number of alkyl halides is 4. The van der Waals surface area contributed by atoms with Gasteiger partial charge in [-0.15, -0.1) is 17.6 Å². The zero-order valence-electron chi connectivity index (χ0n) is 45.1. The number of aryl methyl sites for hydroxylation is 4. The summed E-state index contributed by atoms with van der Waals surface area (Å²) in [7, 11) is 2.81. The van der Waals surface area contributed by atoms with Crippen molar-refractivity contribution in [3.63, 3.8) is 0 Å². The van der Waals surface area contributed by atoms with Gasteiger partial charge in [-0.1, -0.05) is 29.8 Å². The molecule has 0 bridgehead atoms. The Balaban J connectivity index is 0.000000149. The quantitative estimate of drug-likeness (QED) is 0.0750. The molecule has 4 aromatic heterocycles. The van der Waals surface area contributed by atoms with E-state index in [1.807, 2.05) is 87.4 Å². The Morgan fingerprint density at radius 1 is 0.577 bits per heavy atom. The molecule has 0 unspecified atom stereocenters. The molecule has 0 spiro atoms. The van der Waals surface area contributed by atoms with Crippen LogP contribution in [-0.2, 0) is 29.7 Å². The predicted molar refractivity (Wildman–Crippen MR) is 283 cm³/mol. The molecule has 3 fully saturated rings. The summed E-state index contributed by atoms with van der Waals surface area (Å²) in [5.41, 5.74) is 6.93. The normalized spacial score (nSPS) is 18.3. The number of fused-ring (bicyclic) bond motifs is 2. The van der Waals surface area contributed by atoms with Crippen molar-refractivity contribution in [2.45, 2.75) is 130 Å². The maximum absolute atomic E-state index is 13.4. The Morgan fingerprint density at radius 2 is 1.01 bits per heavy atom. The third-order valence-corrected chi connectivity index (χ3v) is 15.4. The van der Waals surface area contributed by atoms with Gasteiger partial charge in [-0.05, 0) is 171 Å². The molecule has 7 heterocycles. The van der Waals surface area contributed by atoms with Crippen LogP contribution in [0, 0.1) is 41.5 Å². The monoisotopic (exact) mass is 1100 g/mol. The highest BCUT2D eigenvalue weighted by Gasteiger charge is 2.55. The summed E-state index contributed by atoms with van der Waals surface area (Å²) in [6, 6.07) is 16.4. The van der Waals surface area contributed by atoms with Crippen LogP contribution in [0.25, 0.3) is 11.3 Å². The maximum Gasteiger partial charge on any atom is 0.586 e. The Kier molecular flexibility index (Phi) is 14.4. The lowest BCUT2D eigenvalue weighted by Gasteiger charge is -2.32. The molecule has 2 aliphatic carbocycles. The third kappa shape index (κ3) is 11.0. The molecule has 16 nitrogen and oxygen atoms in total. The van der Waals surface area contributed by atoms with E-state index < -0.39 is 23.4 Å². The van der Waals surface area contributed by atoms with Crippen LogP contribution >= 0.6 is 11.6 Å². The van der Waals surface area contributed by atoms with Crippen LogP contribution < -0.4 is 44.5 Å². The number of methoxy groups -OCH3 is 2. The number of carbonyl (C=O) groups is 2. The van der Waals surface area contributed by atoms with Gasteiger partial charge in [0.05, 0.1) is 41.9 Å². The second-order valence-electron chi connectivity index (χ2n) is 21.0. The van der Waals surface area contributed by atoms with Crippen molar-refractivity contribution in [3.05, 3.63) is 123 Å². The summed E-state index contributed by atoms with van der Waals surface area (Å²) in [4.78, 5) is 43.6. The maximum atomic E-state index is 13.4. The minimum atomic E-state index is -3.70. The predicted octanol–water partition coefficient (Wildman–Crippen LogP) is 11.1. The lowest BCUT2D eigenvalue weighted by molar-refractivity contribution is -0.287.